The predicted octanol–water partition coefficient (Wildman–Crippen LogP) is 2.16. The van der Waals surface area contributed by atoms with E-state index in [1.807, 2.05) is 0 Å². The van der Waals surface area contributed by atoms with Gasteiger partial charge in [0.25, 0.3) is 0 Å². The lowest BCUT2D eigenvalue weighted by molar-refractivity contribution is 0.264. The van der Waals surface area contributed by atoms with Gasteiger partial charge in [0.15, 0.2) is 0 Å². The summed E-state index contributed by atoms with van der Waals surface area (Å²) in [6.07, 6.45) is 8.00. The van der Waals surface area contributed by atoms with Crippen LogP contribution in [-0.4, -0.2) is 6.04 Å². The first-order valence-corrected chi connectivity index (χ1v) is 4.23. The van der Waals surface area contributed by atoms with E-state index >= 15 is 0 Å². The molecule has 11 heavy (non-hydrogen) atoms. The molecule has 0 aliphatic rings. The maximum atomic E-state index is 5.95. The lowest BCUT2D eigenvalue weighted by atomic mass is 9.80. The van der Waals surface area contributed by atoms with Crippen LogP contribution in [-0.2, 0) is 0 Å². The van der Waals surface area contributed by atoms with E-state index in [1.54, 1.807) is 0 Å². The molecule has 0 aromatic heterocycles. The van der Waals surface area contributed by atoms with Crippen LogP contribution in [0.15, 0.2) is 0 Å². The minimum absolute atomic E-state index is 0.233. The number of rotatable bonds is 4. The summed E-state index contributed by atoms with van der Waals surface area (Å²) in [4.78, 5) is 0. The van der Waals surface area contributed by atoms with Crippen molar-refractivity contribution in [3.63, 3.8) is 0 Å². The van der Waals surface area contributed by atoms with Gasteiger partial charge < -0.3 is 5.73 Å². The number of hydrogen-bond donors (Lipinski definition) is 1. The number of hydrogen-bond acceptors (Lipinski definition) is 1. The zero-order valence-corrected chi connectivity index (χ0v) is 7.85. The summed E-state index contributed by atoms with van der Waals surface area (Å²) >= 11 is 0. The van der Waals surface area contributed by atoms with Crippen molar-refractivity contribution in [3.05, 3.63) is 0 Å². The van der Waals surface area contributed by atoms with Crippen molar-refractivity contribution >= 4 is 0 Å². The highest BCUT2D eigenvalue weighted by molar-refractivity contribution is 4.88. The number of terminal acetylenes is 1. The van der Waals surface area contributed by atoms with Crippen LogP contribution in [0.3, 0.4) is 0 Å². The van der Waals surface area contributed by atoms with Crippen molar-refractivity contribution in [2.24, 2.45) is 11.1 Å². The van der Waals surface area contributed by atoms with Gasteiger partial charge >= 0.3 is 0 Å². The summed E-state index contributed by atoms with van der Waals surface area (Å²) in [6.45, 7) is 6.54. The average molecular weight is 153 g/mol. The highest BCUT2D eigenvalue weighted by Gasteiger charge is 2.23. The molecule has 0 fully saturated rings. The molecule has 64 valence electrons. The third kappa shape index (κ3) is 3.43. The standard InChI is InChI=1S/C10H19N/c1-5-7-8-9(11)10(3,4)6-2/h1,9H,6-8,11H2,2-4H3. The van der Waals surface area contributed by atoms with Gasteiger partial charge in [0.1, 0.15) is 0 Å². The van der Waals surface area contributed by atoms with E-state index in [0.29, 0.717) is 0 Å². The van der Waals surface area contributed by atoms with Crippen molar-refractivity contribution in [2.75, 3.05) is 0 Å². The molecule has 0 saturated carbocycles. The SMILES string of the molecule is C#CCCC(N)C(C)(C)CC. The molecule has 1 heteroatoms. The van der Waals surface area contributed by atoms with Gasteiger partial charge in [-0.2, -0.15) is 0 Å². The second kappa shape index (κ2) is 4.41. The maximum absolute atomic E-state index is 5.95. The van der Waals surface area contributed by atoms with E-state index in [2.05, 4.69) is 26.7 Å². The molecular formula is C10H19N. The van der Waals surface area contributed by atoms with Gasteiger partial charge in [-0.1, -0.05) is 20.8 Å². The Hall–Kier alpha value is -0.480. The largest absolute Gasteiger partial charge is 0.327 e. The summed E-state index contributed by atoms with van der Waals surface area (Å²) in [5.74, 6) is 2.61. The molecule has 0 spiro atoms. The average Bonchev–Trinajstić information content (AvgIpc) is 2.00. The van der Waals surface area contributed by atoms with Gasteiger partial charge in [0, 0.05) is 12.5 Å². The first kappa shape index (κ1) is 10.5. The highest BCUT2D eigenvalue weighted by Crippen LogP contribution is 2.25. The predicted molar refractivity (Wildman–Crippen MR) is 50.1 cm³/mol. The first-order valence-electron chi connectivity index (χ1n) is 4.23. The topological polar surface area (TPSA) is 26.0 Å². The summed E-state index contributed by atoms with van der Waals surface area (Å²) < 4.78 is 0. The Morgan fingerprint density at radius 3 is 2.45 bits per heavy atom. The smallest absolute Gasteiger partial charge is 0.0101 e. The van der Waals surface area contributed by atoms with Crippen molar-refractivity contribution in [2.45, 2.75) is 46.1 Å². The molecule has 0 amide bonds. The minimum Gasteiger partial charge on any atom is -0.327 e. The zero-order chi connectivity index (χ0) is 8.91. The second-order valence-electron chi connectivity index (χ2n) is 3.69. The molecule has 2 N–H and O–H groups in total. The molecule has 0 heterocycles. The Bertz CT molecular complexity index is 141. The Morgan fingerprint density at radius 1 is 1.55 bits per heavy atom. The summed E-state index contributed by atoms with van der Waals surface area (Å²) in [6, 6.07) is 0.239. The fourth-order valence-corrected chi connectivity index (χ4v) is 0.892. The van der Waals surface area contributed by atoms with Crippen LogP contribution in [0.4, 0.5) is 0 Å². The summed E-state index contributed by atoms with van der Waals surface area (Å²) in [5.41, 5.74) is 6.19. The molecular weight excluding hydrogens is 134 g/mol. The fraction of sp³-hybridized carbons (Fsp3) is 0.800. The minimum atomic E-state index is 0.233. The maximum Gasteiger partial charge on any atom is 0.0101 e. The lowest BCUT2D eigenvalue weighted by Crippen LogP contribution is -2.36. The molecule has 0 bridgehead atoms. The molecule has 0 aromatic rings. The van der Waals surface area contributed by atoms with Crippen LogP contribution in [0, 0.1) is 17.8 Å². The van der Waals surface area contributed by atoms with Gasteiger partial charge in [-0.15, -0.1) is 12.3 Å². The Balaban J connectivity index is 3.83. The van der Waals surface area contributed by atoms with Crippen molar-refractivity contribution in [3.8, 4) is 12.3 Å². The molecule has 1 nitrogen and oxygen atoms in total. The van der Waals surface area contributed by atoms with Gasteiger partial charge in [-0.25, -0.2) is 0 Å². The van der Waals surface area contributed by atoms with Crippen LogP contribution in [0.1, 0.15) is 40.0 Å². The van der Waals surface area contributed by atoms with Gasteiger partial charge in [-0.05, 0) is 18.3 Å². The van der Waals surface area contributed by atoms with Crippen molar-refractivity contribution in [1.82, 2.24) is 0 Å². The monoisotopic (exact) mass is 153 g/mol. The fourth-order valence-electron chi connectivity index (χ4n) is 0.892. The molecule has 0 radical (unpaired) electrons. The van der Waals surface area contributed by atoms with Crippen LogP contribution < -0.4 is 5.73 Å². The van der Waals surface area contributed by atoms with Gasteiger partial charge in [0.05, 0.1) is 0 Å². The third-order valence-corrected chi connectivity index (χ3v) is 2.51. The van der Waals surface area contributed by atoms with Crippen LogP contribution in [0.5, 0.6) is 0 Å². The van der Waals surface area contributed by atoms with E-state index in [1.165, 1.54) is 0 Å². The highest BCUT2D eigenvalue weighted by atomic mass is 14.7. The van der Waals surface area contributed by atoms with Crippen LogP contribution >= 0.6 is 0 Å². The molecule has 0 aliphatic heterocycles. The normalized spacial score (nSPS) is 14.1. The van der Waals surface area contributed by atoms with E-state index < -0.39 is 0 Å². The summed E-state index contributed by atoms with van der Waals surface area (Å²) in [5, 5.41) is 0. The Kier molecular flexibility index (Phi) is 4.22. The van der Waals surface area contributed by atoms with Crippen molar-refractivity contribution in [1.29, 1.82) is 0 Å². The molecule has 1 unspecified atom stereocenters. The van der Waals surface area contributed by atoms with Gasteiger partial charge in [-0.3, -0.25) is 0 Å². The molecule has 0 aliphatic carbocycles. The van der Waals surface area contributed by atoms with Crippen LogP contribution in [0.2, 0.25) is 0 Å². The van der Waals surface area contributed by atoms with E-state index in [4.69, 9.17) is 12.2 Å². The first-order chi connectivity index (χ1) is 5.04. The van der Waals surface area contributed by atoms with Crippen molar-refractivity contribution < 1.29 is 0 Å². The quantitative estimate of drug-likeness (QED) is 0.615. The Labute approximate surface area is 70.4 Å². The van der Waals surface area contributed by atoms with Gasteiger partial charge in [0.2, 0.25) is 0 Å². The van der Waals surface area contributed by atoms with E-state index in [-0.39, 0.29) is 11.5 Å². The van der Waals surface area contributed by atoms with Crippen LogP contribution in [0.25, 0.3) is 0 Å². The summed E-state index contributed by atoms with van der Waals surface area (Å²) in [7, 11) is 0. The van der Waals surface area contributed by atoms with E-state index in [0.717, 1.165) is 19.3 Å². The second-order valence-corrected chi connectivity index (χ2v) is 3.69. The molecule has 0 rings (SSSR count). The molecule has 0 saturated heterocycles. The molecule has 1 atom stereocenters. The molecule has 0 aromatic carbocycles. The lowest BCUT2D eigenvalue weighted by Gasteiger charge is -2.29. The van der Waals surface area contributed by atoms with E-state index in [9.17, 15) is 0 Å². The third-order valence-electron chi connectivity index (χ3n) is 2.51. The number of nitrogens with two attached hydrogens (primary N) is 1. The Morgan fingerprint density at radius 2 is 2.09 bits per heavy atom. The zero-order valence-electron chi connectivity index (χ0n) is 7.85.